The molecule has 0 unspecified atom stereocenters. The second kappa shape index (κ2) is 5.12. The standard InChI is InChI=1S/C14H18N2O2/c1-9(2)16-14-11-8-13(18-4)12(17-3)7-10(11)5-6-15-14/h5-9H,1-4H3,(H,15,16). The zero-order valence-electron chi connectivity index (χ0n) is 11.2. The molecule has 0 atom stereocenters. The number of benzene rings is 1. The topological polar surface area (TPSA) is 43.4 Å². The number of methoxy groups -OCH3 is 2. The van der Waals surface area contributed by atoms with E-state index in [1.54, 1.807) is 20.4 Å². The SMILES string of the molecule is COc1cc2ccnc(NC(C)C)c2cc1OC. The molecule has 0 fully saturated rings. The third-order valence-corrected chi connectivity index (χ3v) is 2.69. The summed E-state index contributed by atoms with van der Waals surface area (Å²) in [5, 5.41) is 5.44. The van der Waals surface area contributed by atoms with E-state index in [0.717, 1.165) is 22.3 Å². The van der Waals surface area contributed by atoms with Crippen molar-refractivity contribution >= 4 is 16.6 Å². The molecule has 1 N–H and O–H groups in total. The molecule has 0 saturated carbocycles. The summed E-state index contributed by atoms with van der Waals surface area (Å²) in [5.74, 6) is 2.31. The molecule has 1 aromatic heterocycles. The lowest BCUT2D eigenvalue weighted by Gasteiger charge is -2.14. The number of anilines is 1. The van der Waals surface area contributed by atoms with Crippen LogP contribution in [0.1, 0.15) is 13.8 Å². The maximum absolute atomic E-state index is 5.32. The third kappa shape index (κ3) is 2.32. The Morgan fingerprint density at radius 1 is 1.11 bits per heavy atom. The summed E-state index contributed by atoms with van der Waals surface area (Å²) < 4.78 is 10.6. The van der Waals surface area contributed by atoms with Crippen LogP contribution in [0.2, 0.25) is 0 Å². The largest absolute Gasteiger partial charge is 0.493 e. The van der Waals surface area contributed by atoms with Crippen molar-refractivity contribution in [3.8, 4) is 11.5 Å². The van der Waals surface area contributed by atoms with Crippen molar-refractivity contribution in [1.82, 2.24) is 4.98 Å². The molecular weight excluding hydrogens is 228 g/mol. The molecule has 0 aliphatic heterocycles. The fourth-order valence-electron chi connectivity index (χ4n) is 1.89. The van der Waals surface area contributed by atoms with E-state index in [1.807, 2.05) is 18.2 Å². The number of nitrogens with zero attached hydrogens (tertiary/aromatic N) is 1. The summed E-state index contributed by atoms with van der Waals surface area (Å²) in [5.41, 5.74) is 0. The van der Waals surface area contributed by atoms with Gasteiger partial charge in [0, 0.05) is 17.6 Å². The minimum atomic E-state index is 0.330. The lowest BCUT2D eigenvalue weighted by molar-refractivity contribution is 0.356. The third-order valence-electron chi connectivity index (χ3n) is 2.69. The number of fused-ring (bicyclic) bond motifs is 1. The maximum Gasteiger partial charge on any atom is 0.161 e. The molecule has 4 heteroatoms. The lowest BCUT2D eigenvalue weighted by atomic mass is 10.1. The Hall–Kier alpha value is -1.97. The first-order valence-electron chi connectivity index (χ1n) is 5.93. The Morgan fingerprint density at radius 2 is 1.78 bits per heavy atom. The van der Waals surface area contributed by atoms with Crippen LogP contribution < -0.4 is 14.8 Å². The summed E-state index contributed by atoms with van der Waals surface area (Å²) in [6.45, 7) is 4.17. The number of ether oxygens (including phenoxy) is 2. The first-order chi connectivity index (χ1) is 8.65. The summed E-state index contributed by atoms with van der Waals surface area (Å²) in [4.78, 5) is 4.37. The fourth-order valence-corrected chi connectivity index (χ4v) is 1.89. The molecule has 0 aliphatic carbocycles. The van der Waals surface area contributed by atoms with Crippen LogP contribution in [0.25, 0.3) is 10.8 Å². The van der Waals surface area contributed by atoms with Gasteiger partial charge < -0.3 is 14.8 Å². The molecule has 0 aliphatic rings. The average molecular weight is 246 g/mol. The van der Waals surface area contributed by atoms with Gasteiger partial charge >= 0.3 is 0 Å². The molecule has 1 heterocycles. The normalized spacial score (nSPS) is 10.7. The number of rotatable bonds is 4. The predicted molar refractivity (Wildman–Crippen MR) is 73.6 cm³/mol. The van der Waals surface area contributed by atoms with Gasteiger partial charge in [0.1, 0.15) is 5.82 Å². The molecule has 0 saturated heterocycles. The summed E-state index contributed by atoms with van der Waals surface area (Å²) in [6.07, 6.45) is 1.79. The Morgan fingerprint density at radius 3 is 2.39 bits per heavy atom. The Balaban J connectivity index is 2.61. The van der Waals surface area contributed by atoms with Crippen LogP contribution in [-0.2, 0) is 0 Å². The molecule has 2 aromatic rings. The second-order valence-corrected chi connectivity index (χ2v) is 4.39. The van der Waals surface area contributed by atoms with Gasteiger partial charge in [0.15, 0.2) is 11.5 Å². The van der Waals surface area contributed by atoms with Crippen molar-refractivity contribution in [2.45, 2.75) is 19.9 Å². The first-order valence-corrected chi connectivity index (χ1v) is 5.93. The van der Waals surface area contributed by atoms with Gasteiger partial charge in [0.25, 0.3) is 0 Å². The number of pyridine rings is 1. The van der Waals surface area contributed by atoms with E-state index < -0.39 is 0 Å². The molecule has 0 spiro atoms. The maximum atomic E-state index is 5.32. The van der Waals surface area contributed by atoms with E-state index in [1.165, 1.54) is 0 Å². The van der Waals surface area contributed by atoms with Gasteiger partial charge in [-0.2, -0.15) is 0 Å². The number of hydrogen-bond donors (Lipinski definition) is 1. The predicted octanol–water partition coefficient (Wildman–Crippen LogP) is 3.07. The molecule has 2 rings (SSSR count). The van der Waals surface area contributed by atoms with Crippen LogP contribution in [0, 0.1) is 0 Å². The van der Waals surface area contributed by atoms with Crippen LogP contribution in [0.5, 0.6) is 11.5 Å². The number of hydrogen-bond acceptors (Lipinski definition) is 4. The highest BCUT2D eigenvalue weighted by Gasteiger charge is 2.10. The Kier molecular flexibility index (Phi) is 3.55. The molecule has 4 nitrogen and oxygen atoms in total. The zero-order valence-corrected chi connectivity index (χ0v) is 11.2. The highest BCUT2D eigenvalue weighted by atomic mass is 16.5. The van der Waals surface area contributed by atoms with Crippen LogP contribution in [0.4, 0.5) is 5.82 Å². The van der Waals surface area contributed by atoms with Crippen LogP contribution in [0.15, 0.2) is 24.4 Å². The monoisotopic (exact) mass is 246 g/mol. The molecule has 18 heavy (non-hydrogen) atoms. The van der Waals surface area contributed by atoms with Crippen molar-refractivity contribution in [2.24, 2.45) is 0 Å². The van der Waals surface area contributed by atoms with E-state index in [-0.39, 0.29) is 0 Å². The highest BCUT2D eigenvalue weighted by molar-refractivity contribution is 5.94. The summed E-state index contributed by atoms with van der Waals surface area (Å²) in [7, 11) is 3.27. The van der Waals surface area contributed by atoms with Gasteiger partial charge in [0.2, 0.25) is 0 Å². The van der Waals surface area contributed by atoms with Crippen molar-refractivity contribution in [3.63, 3.8) is 0 Å². The highest BCUT2D eigenvalue weighted by Crippen LogP contribution is 2.34. The van der Waals surface area contributed by atoms with E-state index >= 15 is 0 Å². The lowest BCUT2D eigenvalue weighted by Crippen LogP contribution is -2.11. The molecule has 0 bridgehead atoms. The average Bonchev–Trinajstić information content (AvgIpc) is 2.37. The van der Waals surface area contributed by atoms with Gasteiger partial charge in [-0.25, -0.2) is 4.98 Å². The fraction of sp³-hybridized carbons (Fsp3) is 0.357. The number of aromatic nitrogens is 1. The minimum Gasteiger partial charge on any atom is -0.493 e. The van der Waals surface area contributed by atoms with Gasteiger partial charge in [-0.3, -0.25) is 0 Å². The quantitative estimate of drug-likeness (QED) is 0.900. The van der Waals surface area contributed by atoms with Crippen molar-refractivity contribution in [3.05, 3.63) is 24.4 Å². The molecule has 1 aromatic carbocycles. The van der Waals surface area contributed by atoms with Crippen molar-refractivity contribution < 1.29 is 9.47 Å². The van der Waals surface area contributed by atoms with Crippen molar-refractivity contribution in [2.75, 3.05) is 19.5 Å². The van der Waals surface area contributed by atoms with Gasteiger partial charge in [-0.15, -0.1) is 0 Å². The van der Waals surface area contributed by atoms with Crippen LogP contribution in [-0.4, -0.2) is 25.2 Å². The Labute approximate surface area is 107 Å². The molecule has 0 radical (unpaired) electrons. The minimum absolute atomic E-state index is 0.330. The summed E-state index contributed by atoms with van der Waals surface area (Å²) in [6, 6.07) is 6.20. The van der Waals surface area contributed by atoms with Gasteiger partial charge in [-0.1, -0.05) is 0 Å². The van der Waals surface area contributed by atoms with Crippen molar-refractivity contribution in [1.29, 1.82) is 0 Å². The van der Waals surface area contributed by atoms with E-state index in [9.17, 15) is 0 Å². The second-order valence-electron chi connectivity index (χ2n) is 4.39. The van der Waals surface area contributed by atoms with Gasteiger partial charge in [-0.05, 0) is 37.4 Å². The molecule has 96 valence electrons. The van der Waals surface area contributed by atoms with Crippen LogP contribution in [0.3, 0.4) is 0 Å². The molecule has 0 amide bonds. The molecular formula is C14H18N2O2. The van der Waals surface area contributed by atoms with Crippen LogP contribution >= 0.6 is 0 Å². The smallest absolute Gasteiger partial charge is 0.161 e. The zero-order chi connectivity index (χ0) is 13.1. The van der Waals surface area contributed by atoms with E-state index in [0.29, 0.717) is 11.8 Å². The summed E-state index contributed by atoms with van der Waals surface area (Å²) >= 11 is 0. The Bertz CT molecular complexity index is 553. The van der Waals surface area contributed by atoms with E-state index in [4.69, 9.17) is 9.47 Å². The van der Waals surface area contributed by atoms with E-state index in [2.05, 4.69) is 24.1 Å². The first kappa shape index (κ1) is 12.5. The van der Waals surface area contributed by atoms with Gasteiger partial charge in [0.05, 0.1) is 14.2 Å². The number of nitrogens with one attached hydrogen (secondary N) is 1.